The van der Waals surface area contributed by atoms with Crippen molar-refractivity contribution in [1.82, 2.24) is 10.6 Å². The Labute approximate surface area is 110 Å². The molecule has 17 heavy (non-hydrogen) atoms. The summed E-state index contributed by atoms with van der Waals surface area (Å²) in [6.45, 7) is 3.52. The van der Waals surface area contributed by atoms with Crippen molar-refractivity contribution in [3.8, 4) is 0 Å². The van der Waals surface area contributed by atoms with Crippen LogP contribution in [0.3, 0.4) is 0 Å². The molecule has 1 unspecified atom stereocenters. The van der Waals surface area contributed by atoms with Gasteiger partial charge in [-0.15, -0.1) is 0 Å². The Balaban J connectivity index is 2.17. The predicted octanol–water partition coefficient (Wildman–Crippen LogP) is 1.88. The Morgan fingerprint density at radius 2 is 2.35 bits per heavy atom. The van der Waals surface area contributed by atoms with E-state index in [2.05, 4.69) is 26.6 Å². The zero-order valence-corrected chi connectivity index (χ0v) is 11.5. The van der Waals surface area contributed by atoms with E-state index >= 15 is 0 Å². The van der Waals surface area contributed by atoms with Crippen LogP contribution in [0, 0.1) is 6.92 Å². The first-order valence-corrected chi connectivity index (χ1v) is 6.40. The summed E-state index contributed by atoms with van der Waals surface area (Å²) in [4.78, 5) is 13.6. The van der Waals surface area contributed by atoms with E-state index in [1.807, 2.05) is 32.2 Å². The minimum Gasteiger partial charge on any atom is -0.332 e. The number of amides is 2. The van der Waals surface area contributed by atoms with E-state index in [-0.39, 0.29) is 12.1 Å². The number of rotatable bonds is 3. The van der Waals surface area contributed by atoms with E-state index in [1.165, 1.54) is 0 Å². The van der Waals surface area contributed by atoms with Crippen molar-refractivity contribution >= 4 is 27.6 Å². The maximum absolute atomic E-state index is 11.8. The smallest absolute Gasteiger partial charge is 0.322 e. The highest BCUT2D eigenvalue weighted by Crippen LogP contribution is 2.24. The highest BCUT2D eigenvalue weighted by molar-refractivity contribution is 9.10. The van der Waals surface area contributed by atoms with Crippen LogP contribution in [-0.2, 0) is 0 Å². The quantitative estimate of drug-likeness (QED) is 0.895. The number of anilines is 1. The maximum atomic E-state index is 11.8. The molecule has 1 atom stereocenters. The topological polar surface area (TPSA) is 44.4 Å². The van der Waals surface area contributed by atoms with Gasteiger partial charge in [0.2, 0.25) is 0 Å². The number of carbonyl (C=O) groups excluding carboxylic acids is 1. The lowest BCUT2D eigenvalue weighted by molar-refractivity contribution is 0.251. The number of benzene rings is 1. The fraction of sp³-hybridized carbons (Fsp3) is 0.417. The lowest BCUT2D eigenvalue weighted by atomic mass is 10.2. The Morgan fingerprint density at radius 3 is 3.00 bits per heavy atom. The van der Waals surface area contributed by atoms with E-state index in [0.717, 1.165) is 22.3 Å². The molecule has 1 saturated heterocycles. The summed E-state index contributed by atoms with van der Waals surface area (Å²) < 4.78 is 1.06. The van der Waals surface area contributed by atoms with Crippen LogP contribution >= 0.6 is 15.9 Å². The summed E-state index contributed by atoms with van der Waals surface area (Å²) in [6, 6.07) is 6.11. The zero-order chi connectivity index (χ0) is 12.4. The summed E-state index contributed by atoms with van der Waals surface area (Å²) in [5.74, 6) is 0. The van der Waals surface area contributed by atoms with Gasteiger partial charge in [-0.05, 0) is 37.7 Å². The second kappa shape index (κ2) is 5.06. The minimum atomic E-state index is -0.0213. The third-order valence-electron chi connectivity index (χ3n) is 2.88. The van der Waals surface area contributed by atoms with Gasteiger partial charge in [0, 0.05) is 23.2 Å². The monoisotopic (exact) mass is 297 g/mol. The van der Waals surface area contributed by atoms with Gasteiger partial charge in [-0.3, -0.25) is 4.90 Å². The van der Waals surface area contributed by atoms with Crippen molar-refractivity contribution in [2.45, 2.75) is 13.0 Å². The van der Waals surface area contributed by atoms with Crippen molar-refractivity contribution < 1.29 is 4.79 Å². The molecule has 1 aliphatic heterocycles. The first-order valence-electron chi connectivity index (χ1n) is 5.60. The van der Waals surface area contributed by atoms with Gasteiger partial charge in [0.1, 0.15) is 0 Å². The van der Waals surface area contributed by atoms with E-state index < -0.39 is 0 Å². The highest BCUT2D eigenvalue weighted by atomic mass is 79.9. The van der Waals surface area contributed by atoms with Gasteiger partial charge < -0.3 is 10.6 Å². The van der Waals surface area contributed by atoms with Gasteiger partial charge in [0.15, 0.2) is 0 Å². The fourth-order valence-electron chi connectivity index (χ4n) is 1.98. The molecule has 4 nitrogen and oxygen atoms in total. The van der Waals surface area contributed by atoms with Gasteiger partial charge in [-0.1, -0.05) is 15.9 Å². The lowest BCUT2D eigenvalue weighted by Crippen LogP contribution is -2.35. The van der Waals surface area contributed by atoms with Crippen molar-refractivity contribution in [1.29, 1.82) is 0 Å². The summed E-state index contributed by atoms with van der Waals surface area (Å²) in [7, 11) is 1.89. The summed E-state index contributed by atoms with van der Waals surface area (Å²) >= 11 is 3.46. The molecule has 2 N–H and O–H groups in total. The largest absolute Gasteiger partial charge is 0.332 e. The van der Waals surface area contributed by atoms with Crippen LogP contribution in [0.25, 0.3) is 0 Å². The number of carbonyl (C=O) groups is 1. The van der Waals surface area contributed by atoms with E-state index in [1.54, 1.807) is 4.90 Å². The number of nitrogens with one attached hydrogen (secondary N) is 2. The Bertz CT molecular complexity index is 436. The molecule has 2 rings (SSSR count). The molecule has 1 heterocycles. The number of nitrogens with zero attached hydrogens (tertiary/aromatic N) is 1. The lowest BCUT2D eigenvalue weighted by Gasteiger charge is -2.15. The predicted molar refractivity (Wildman–Crippen MR) is 72.5 cm³/mol. The van der Waals surface area contributed by atoms with Crippen LogP contribution < -0.4 is 15.5 Å². The molecule has 2 amide bonds. The van der Waals surface area contributed by atoms with Crippen LogP contribution in [0.1, 0.15) is 5.56 Å². The van der Waals surface area contributed by atoms with Gasteiger partial charge in [0.05, 0.1) is 6.04 Å². The highest BCUT2D eigenvalue weighted by Gasteiger charge is 2.29. The van der Waals surface area contributed by atoms with Crippen LogP contribution in [0.5, 0.6) is 0 Å². The van der Waals surface area contributed by atoms with Crippen LogP contribution in [-0.4, -0.2) is 32.2 Å². The molecule has 0 radical (unpaired) electrons. The Kier molecular flexibility index (Phi) is 3.69. The third-order valence-corrected chi connectivity index (χ3v) is 3.77. The van der Waals surface area contributed by atoms with Crippen molar-refractivity contribution in [2.24, 2.45) is 0 Å². The van der Waals surface area contributed by atoms with Crippen LogP contribution in [0.15, 0.2) is 22.7 Å². The summed E-state index contributed by atoms with van der Waals surface area (Å²) in [5.41, 5.74) is 2.08. The summed E-state index contributed by atoms with van der Waals surface area (Å²) in [6.07, 6.45) is 0. The minimum absolute atomic E-state index is 0.0213. The van der Waals surface area contributed by atoms with Gasteiger partial charge in [0.25, 0.3) is 0 Å². The van der Waals surface area contributed by atoms with Crippen molar-refractivity contribution in [3.05, 3.63) is 28.2 Å². The third kappa shape index (κ3) is 2.61. The van der Waals surface area contributed by atoms with Crippen LogP contribution in [0.2, 0.25) is 0 Å². The second-order valence-corrected chi connectivity index (χ2v) is 5.10. The van der Waals surface area contributed by atoms with Crippen molar-refractivity contribution in [3.63, 3.8) is 0 Å². The normalized spacial score (nSPS) is 19.6. The second-order valence-electron chi connectivity index (χ2n) is 4.25. The molecule has 1 fully saturated rings. The molecule has 0 aliphatic carbocycles. The Morgan fingerprint density at radius 1 is 1.59 bits per heavy atom. The first-order chi connectivity index (χ1) is 8.11. The molecule has 0 spiro atoms. The molecular weight excluding hydrogens is 282 g/mol. The van der Waals surface area contributed by atoms with Crippen molar-refractivity contribution in [2.75, 3.05) is 25.0 Å². The zero-order valence-electron chi connectivity index (χ0n) is 9.96. The van der Waals surface area contributed by atoms with Crippen LogP contribution in [0.4, 0.5) is 10.5 Å². The number of halogens is 1. The number of hydrogen-bond acceptors (Lipinski definition) is 2. The molecule has 0 saturated carbocycles. The molecule has 1 aromatic carbocycles. The number of urea groups is 1. The molecule has 5 heteroatoms. The number of likely N-dealkylation sites (N-methyl/N-ethyl adjacent to an activating group) is 1. The van der Waals surface area contributed by atoms with E-state index in [4.69, 9.17) is 0 Å². The van der Waals surface area contributed by atoms with Gasteiger partial charge in [-0.25, -0.2) is 4.79 Å². The Hall–Kier alpha value is -1.07. The van der Waals surface area contributed by atoms with Gasteiger partial charge in [-0.2, -0.15) is 0 Å². The average molecular weight is 298 g/mol. The number of aryl methyl sites for hydroxylation is 1. The molecule has 0 bridgehead atoms. The molecule has 0 aromatic heterocycles. The van der Waals surface area contributed by atoms with E-state index in [0.29, 0.717) is 6.54 Å². The molecule has 1 aromatic rings. The maximum Gasteiger partial charge on any atom is 0.322 e. The molecule has 92 valence electrons. The first kappa shape index (κ1) is 12.4. The fourth-order valence-corrected chi connectivity index (χ4v) is 2.23. The molecular formula is C12H16BrN3O. The molecule has 1 aliphatic rings. The van der Waals surface area contributed by atoms with Gasteiger partial charge >= 0.3 is 6.03 Å². The summed E-state index contributed by atoms with van der Waals surface area (Å²) in [5, 5.41) is 6.02. The standard InChI is InChI=1S/C12H16BrN3O/c1-8-5-10(3-4-11(8)13)16-7-9(6-14-2)15-12(16)17/h3-5,9,14H,6-7H2,1-2H3,(H,15,17). The van der Waals surface area contributed by atoms with E-state index in [9.17, 15) is 4.79 Å². The number of hydrogen-bond donors (Lipinski definition) is 2. The SMILES string of the molecule is CNCC1CN(c2ccc(Br)c(C)c2)C(=O)N1. The average Bonchev–Trinajstić information content (AvgIpc) is 2.64.